The number of aromatic nitrogens is 2. The fourth-order valence-electron chi connectivity index (χ4n) is 2.88. The van der Waals surface area contributed by atoms with Gasteiger partial charge in [0.15, 0.2) is 0 Å². The first-order valence-corrected chi connectivity index (χ1v) is 99.8. The van der Waals surface area contributed by atoms with Gasteiger partial charge in [-0.05, 0) is 0 Å². The molecule has 202 valence electrons. The maximum absolute atomic E-state index is 5.23. The van der Waals surface area contributed by atoms with E-state index in [9.17, 15) is 0 Å². The predicted molar refractivity (Wildman–Crippen MR) is 277 cm³/mol. The Morgan fingerprint density at radius 2 is 1.50 bits per heavy atom. The van der Waals surface area contributed by atoms with E-state index in [-0.39, 0.29) is 13.3 Å². The van der Waals surface area contributed by atoms with Gasteiger partial charge in [-0.15, -0.1) is 0 Å². The molecule has 0 amide bonds. The number of nitrogens with one attached hydrogen (secondary N) is 1. The van der Waals surface area contributed by atoms with Gasteiger partial charge in [-0.25, -0.2) is 0 Å². The Morgan fingerprint density at radius 1 is 0.938 bits per heavy atom. The number of alkyl halides is 4. The number of fused-ring (bicyclic) bond motifs is 1. The Hall–Kier alpha value is 12.1. The van der Waals surface area contributed by atoms with Crippen molar-refractivity contribution in [3.63, 3.8) is 0 Å². The van der Waals surface area contributed by atoms with Crippen LogP contribution in [0.2, 0.25) is 0 Å². The van der Waals surface area contributed by atoms with Crippen LogP contribution in [-0.4, -0.2) is 17.1 Å². The SMILES string of the molecule is Cc1nc(C)n2c1N(C(C)C)NC(I(I)I)(I(I)[I-]I)C2(I(I)I(I)I)I(I)I(I)[I-]I. The van der Waals surface area contributed by atoms with Crippen LogP contribution < -0.4 is 36.9 Å². The van der Waals surface area contributed by atoms with Crippen molar-refractivity contribution in [3.8, 4) is 0 Å². The summed E-state index contributed by atoms with van der Waals surface area (Å²) in [5.41, 5.74) is 5.80. The molecule has 0 spiro atoms. The van der Waals surface area contributed by atoms with Crippen molar-refractivity contribution in [2.45, 2.75) is 36.8 Å². The molecular formula is C10H14I18N4-2. The van der Waals surface area contributed by atoms with Crippen molar-refractivity contribution in [3.05, 3.63) is 11.5 Å². The van der Waals surface area contributed by atoms with Gasteiger partial charge in [-0.2, -0.15) is 0 Å². The van der Waals surface area contributed by atoms with E-state index < -0.39 is 63.3 Å². The summed E-state index contributed by atoms with van der Waals surface area (Å²) < 4.78 is 3.91. The number of imidazole rings is 1. The van der Waals surface area contributed by atoms with Gasteiger partial charge in [0.2, 0.25) is 0 Å². The number of rotatable bonds is 9. The summed E-state index contributed by atoms with van der Waals surface area (Å²) in [5, 5.41) is 2.61. The van der Waals surface area contributed by atoms with Gasteiger partial charge in [0.25, 0.3) is 0 Å². The topological polar surface area (TPSA) is 33.1 Å². The van der Waals surface area contributed by atoms with Crippen LogP contribution in [0.1, 0.15) is 25.4 Å². The molecular weight excluding hydrogens is 2460 g/mol. The second-order valence-corrected chi connectivity index (χ2v) is 236. The van der Waals surface area contributed by atoms with E-state index in [1.165, 1.54) is 17.3 Å². The Morgan fingerprint density at radius 3 is 1.91 bits per heavy atom. The van der Waals surface area contributed by atoms with Gasteiger partial charge in [0.05, 0.1) is 0 Å². The number of anilines is 1. The Balaban J connectivity index is 3.19. The third-order valence-corrected chi connectivity index (χ3v) is 432. The molecule has 4 nitrogen and oxygen atoms in total. The third-order valence-electron chi connectivity index (χ3n) is 3.90. The van der Waals surface area contributed by atoms with Crippen molar-refractivity contribution in [1.29, 1.82) is 0 Å². The number of hydrogen-bond acceptors (Lipinski definition) is 3. The van der Waals surface area contributed by atoms with Crippen LogP contribution >= 0.6 is 249 Å². The van der Waals surface area contributed by atoms with Gasteiger partial charge in [0, 0.05) is 0 Å². The van der Waals surface area contributed by atoms with Crippen LogP contribution in [0.3, 0.4) is 0 Å². The number of hydrogen-bond donors (Lipinski definition) is 1. The molecule has 32 heavy (non-hydrogen) atoms. The van der Waals surface area contributed by atoms with Gasteiger partial charge < -0.3 is 0 Å². The molecule has 0 bridgehead atoms. The van der Waals surface area contributed by atoms with Crippen molar-refractivity contribution < 1.29 is 26.5 Å². The van der Waals surface area contributed by atoms with Crippen molar-refractivity contribution in [2.24, 2.45) is 0 Å². The first-order valence-electron chi connectivity index (χ1n) is 7.48. The van der Waals surface area contributed by atoms with Crippen LogP contribution in [0, 0.1) is 13.8 Å². The van der Waals surface area contributed by atoms with Crippen molar-refractivity contribution >= 4 is 255 Å². The maximum atomic E-state index is 5.23. The molecule has 1 N–H and O–H groups in total. The zero-order valence-corrected chi connectivity index (χ0v) is 54.6. The van der Waals surface area contributed by atoms with E-state index in [0.29, 0.717) is 22.4 Å². The molecule has 0 radical (unpaired) electrons. The summed E-state index contributed by atoms with van der Waals surface area (Å²) in [6.45, 7) is 9.39. The van der Waals surface area contributed by atoms with Gasteiger partial charge in [0.1, 0.15) is 0 Å². The van der Waals surface area contributed by atoms with Crippen molar-refractivity contribution in [1.82, 2.24) is 15.0 Å². The Labute approximate surface area is 336 Å². The molecule has 0 aromatic carbocycles. The number of hydrazine groups is 1. The summed E-state index contributed by atoms with van der Waals surface area (Å²) in [6, 6.07) is 0.450. The van der Waals surface area contributed by atoms with E-state index in [1.807, 2.05) is 0 Å². The molecule has 1 aliphatic rings. The molecule has 2 atom stereocenters. The standard InChI is InChI=1S/C10H14I18N4/c1-5(2)32-8-6(3)29-7(4)31(8)10(25(16)27(18)19,26(17)28(20)22-12)9(30-32,23(13)14)24(15)21-11/h5,30H,1-4H3/q-2. The quantitative estimate of drug-likeness (QED) is 0.153. The number of nitrogens with zero attached hydrogens (tertiary/aromatic N) is 3. The number of aryl methyl sites for hydroxylation is 2. The second-order valence-electron chi connectivity index (χ2n) is 5.81. The zero-order chi connectivity index (χ0) is 24.8. The van der Waals surface area contributed by atoms with Crippen molar-refractivity contribution in [2.75, 3.05) is 5.01 Å². The van der Waals surface area contributed by atoms with Crippen LogP contribution in [0.4, 0.5) is 5.82 Å². The molecule has 0 saturated carbocycles. The minimum absolute atomic E-state index is 0.247. The van der Waals surface area contributed by atoms with Gasteiger partial charge in [-0.3, -0.25) is 0 Å². The Bertz CT molecular complexity index is 790. The minimum atomic E-state index is -1.32. The molecule has 1 aromatic heterocycles. The molecule has 0 aliphatic carbocycles. The molecule has 0 saturated heterocycles. The average Bonchev–Trinajstić information content (AvgIpc) is 3.03. The average molecular weight is 2470 g/mol. The first-order chi connectivity index (χ1) is 14.8. The van der Waals surface area contributed by atoms with E-state index in [2.05, 4.69) is 229 Å². The summed E-state index contributed by atoms with van der Waals surface area (Å²) >= 11 is 25.6. The summed E-state index contributed by atoms with van der Waals surface area (Å²) in [4.78, 5) is 5.23. The fraction of sp³-hybridized carbons (Fsp3) is 0.700. The third kappa shape index (κ3) is 8.39. The van der Waals surface area contributed by atoms with Crippen LogP contribution in [0.5, 0.6) is 0 Å². The molecule has 22 heteroatoms. The van der Waals surface area contributed by atoms with Gasteiger partial charge in [-0.1, -0.05) is 0 Å². The van der Waals surface area contributed by atoms with Crippen LogP contribution in [-0.2, 0) is 1.55 Å². The molecule has 1 aliphatic heterocycles. The van der Waals surface area contributed by atoms with E-state index in [0.717, 1.165) is 0 Å². The zero-order valence-electron chi connectivity index (χ0n) is 15.7. The van der Waals surface area contributed by atoms with E-state index in [4.69, 9.17) is 4.98 Å². The van der Waals surface area contributed by atoms with E-state index in [1.54, 1.807) is 0 Å². The van der Waals surface area contributed by atoms with Gasteiger partial charge >= 0.3 is 350 Å². The second kappa shape index (κ2) is 18.6. The summed E-state index contributed by atoms with van der Waals surface area (Å²) in [5.74, 6) is 2.78. The van der Waals surface area contributed by atoms with Crippen LogP contribution in [0.25, 0.3) is 0 Å². The van der Waals surface area contributed by atoms with E-state index >= 15 is 0 Å². The van der Waals surface area contributed by atoms with Crippen LogP contribution in [0.15, 0.2) is 0 Å². The monoisotopic (exact) mass is 2470 g/mol. The predicted octanol–water partition coefficient (Wildman–Crippen LogP) is 8.87. The first kappa shape index (κ1) is 40.3. The number of halogens is 18. The molecule has 2 unspecified atom stereocenters. The molecule has 1 aromatic rings. The summed E-state index contributed by atoms with van der Waals surface area (Å²) in [6.07, 6.45) is 0. The Kier molecular flexibility index (Phi) is 23.4. The summed E-state index contributed by atoms with van der Waals surface area (Å²) in [7, 11) is -1.92. The normalized spacial score (nSPS) is 26.3. The molecule has 2 heterocycles. The fourth-order valence-corrected chi connectivity index (χ4v) is 517. The molecule has 2 rings (SSSR count). The molecule has 0 fully saturated rings.